The lowest BCUT2D eigenvalue weighted by molar-refractivity contribution is -0.222. The van der Waals surface area contributed by atoms with E-state index in [4.69, 9.17) is 28.5 Å². The zero-order chi connectivity index (χ0) is 29.2. The SMILES string of the molecule is CC(=O)NC1=NN(OC(C)=O)C([C@H](OC(C)=O)[C@@H](OC(C)=O)[C@H](OC(C)=O)[C@@H](COC(C)=O)OC(C)=O)S1. The van der Waals surface area contributed by atoms with Crippen LogP contribution in [0.25, 0.3) is 0 Å². The molecule has 0 saturated heterocycles. The summed E-state index contributed by atoms with van der Waals surface area (Å²) in [6, 6.07) is 0. The highest BCUT2D eigenvalue weighted by Gasteiger charge is 2.51. The largest absolute Gasteiger partial charge is 0.462 e. The van der Waals surface area contributed by atoms with Gasteiger partial charge in [-0.15, -0.1) is 10.3 Å². The first-order valence-corrected chi connectivity index (χ1v) is 11.8. The van der Waals surface area contributed by atoms with Gasteiger partial charge in [-0.2, -0.15) is 0 Å². The lowest BCUT2D eigenvalue weighted by Gasteiger charge is -2.37. The van der Waals surface area contributed by atoms with Gasteiger partial charge in [-0.05, 0) is 0 Å². The normalized spacial score (nSPS) is 17.5. The summed E-state index contributed by atoms with van der Waals surface area (Å²) >= 11 is 0.739. The third kappa shape index (κ3) is 11.0. The second-order valence-corrected chi connectivity index (χ2v) is 8.76. The minimum absolute atomic E-state index is 0.0806. The van der Waals surface area contributed by atoms with Gasteiger partial charge in [0.15, 0.2) is 35.0 Å². The zero-order valence-corrected chi connectivity index (χ0v) is 22.5. The van der Waals surface area contributed by atoms with E-state index in [1.54, 1.807) is 0 Å². The smallest absolute Gasteiger partial charge is 0.331 e. The van der Waals surface area contributed by atoms with E-state index < -0.39 is 78.1 Å². The number of carbonyl (C=O) groups is 7. The first kappa shape index (κ1) is 32.1. The number of rotatable bonds is 11. The topological polar surface area (TPSA) is 202 Å². The molecule has 5 atom stereocenters. The number of ether oxygens (including phenoxy) is 5. The third-order valence-electron chi connectivity index (χ3n) is 4.11. The van der Waals surface area contributed by atoms with Crippen LogP contribution in [0.5, 0.6) is 0 Å². The highest BCUT2D eigenvalue weighted by molar-refractivity contribution is 8.14. The van der Waals surface area contributed by atoms with Gasteiger partial charge in [0.05, 0.1) is 0 Å². The molecule has 0 radical (unpaired) electrons. The average Bonchev–Trinajstić information content (AvgIpc) is 3.11. The summed E-state index contributed by atoms with van der Waals surface area (Å²) in [4.78, 5) is 88.0. The molecular formula is C21H29N3O13S. The van der Waals surface area contributed by atoms with Crippen molar-refractivity contribution >= 4 is 58.7 Å². The Balaban J connectivity index is 3.68. The van der Waals surface area contributed by atoms with Crippen molar-refractivity contribution < 1.29 is 62.1 Å². The van der Waals surface area contributed by atoms with Crippen LogP contribution >= 0.6 is 11.8 Å². The summed E-state index contributed by atoms with van der Waals surface area (Å²) in [6.45, 7) is 6.72. The highest BCUT2D eigenvalue weighted by atomic mass is 32.2. The number of esters is 5. The van der Waals surface area contributed by atoms with E-state index in [2.05, 4.69) is 10.4 Å². The molecule has 0 aromatic carbocycles. The third-order valence-corrected chi connectivity index (χ3v) is 5.21. The van der Waals surface area contributed by atoms with Crippen LogP contribution in [0.15, 0.2) is 5.10 Å². The Labute approximate surface area is 221 Å². The van der Waals surface area contributed by atoms with E-state index in [9.17, 15) is 33.6 Å². The van der Waals surface area contributed by atoms with Gasteiger partial charge in [0.25, 0.3) is 0 Å². The van der Waals surface area contributed by atoms with E-state index >= 15 is 0 Å². The number of carbonyl (C=O) groups excluding carboxylic acids is 7. The zero-order valence-electron chi connectivity index (χ0n) is 21.7. The molecule has 0 aromatic rings. The Hall–Kier alpha value is -3.89. The maximum absolute atomic E-state index is 12.1. The van der Waals surface area contributed by atoms with Crippen molar-refractivity contribution in [1.82, 2.24) is 10.5 Å². The summed E-state index contributed by atoms with van der Waals surface area (Å²) in [6.07, 6.45) is -6.65. The predicted octanol–water partition coefficient (Wildman–Crippen LogP) is -0.464. The Morgan fingerprint density at radius 2 is 1.29 bits per heavy atom. The van der Waals surface area contributed by atoms with E-state index in [1.807, 2.05) is 0 Å². The van der Waals surface area contributed by atoms with E-state index in [-0.39, 0.29) is 5.17 Å². The van der Waals surface area contributed by atoms with Crippen LogP contribution in [0.4, 0.5) is 0 Å². The molecule has 1 rings (SSSR count). The molecule has 0 spiro atoms. The van der Waals surface area contributed by atoms with Crippen LogP contribution in [0.3, 0.4) is 0 Å². The van der Waals surface area contributed by atoms with Crippen molar-refractivity contribution in [1.29, 1.82) is 0 Å². The maximum Gasteiger partial charge on any atom is 0.331 e. The molecule has 38 heavy (non-hydrogen) atoms. The van der Waals surface area contributed by atoms with Gasteiger partial charge in [0.1, 0.15) is 6.61 Å². The second kappa shape index (κ2) is 14.7. The van der Waals surface area contributed by atoms with Crippen molar-refractivity contribution in [3.8, 4) is 0 Å². The maximum atomic E-state index is 12.1. The van der Waals surface area contributed by atoms with Crippen molar-refractivity contribution in [3.63, 3.8) is 0 Å². The molecule has 1 aliphatic rings. The number of hydrogen-bond acceptors (Lipinski definition) is 16. The number of hydrogen-bond donors (Lipinski definition) is 1. The minimum Gasteiger partial charge on any atom is -0.462 e. The molecule has 17 heteroatoms. The predicted molar refractivity (Wildman–Crippen MR) is 125 cm³/mol. The van der Waals surface area contributed by atoms with Crippen molar-refractivity contribution in [2.45, 2.75) is 78.3 Å². The van der Waals surface area contributed by atoms with Gasteiger partial charge < -0.3 is 33.8 Å². The molecule has 0 fully saturated rings. The summed E-state index contributed by atoms with van der Waals surface area (Å²) in [5.74, 6) is -5.81. The van der Waals surface area contributed by atoms with Crippen LogP contribution in [0.1, 0.15) is 48.5 Å². The Morgan fingerprint density at radius 1 is 0.763 bits per heavy atom. The number of thioether (sulfide) groups is 1. The van der Waals surface area contributed by atoms with Crippen molar-refractivity contribution in [3.05, 3.63) is 0 Å². The minimum atomic E-state index is -1.75. The molecule has 0 bridgehead atoms. The van der Waals surface area contributed by atoms with Gasteiger partial charge in [0.2, 0.25) is 5.91 Å². The van der Waals surface area contributed by atoms with Gasteiger partial charge in [-0.1, -0.05) is 11.8 Å². The molecule has 1 N–H and O–H groups in total. The molecule has 0 aromatic heterocycles. The van der Waals surface area contributed by atoms with Crippen LogP contribution in [-0.4, -0.2) is 88.5 Å². The lowest BCUT2D eigenvalue weighted by atomic mass is 10.0. The van der Waals surface area contributed by atoms with E-state index in [0.717, 1.165) is 53.3 Å². The molecule has 0 aliphatic carbocycles. The first-order chi connectivity index (χ1) is 17.6. The summed E-state index contributed by atoms with van der Waals surface area (Å²) in [7, 11) is 0. The Bertz CT molecular complexity index is 985. The fourth-order valence-electron chi connectivity index (χ4n) is 3.08. The number of hydrazone groups is 1. The Morgan fingerprint density at radius 3 is 1.74 bits per heavy atom. The van der Waals surface area contributed by atoms with E-state index in [1.165, 1.54) is 6.92 Å². The fraction of sp³-hybridized carbons (Fsp3) is 0.619. The molecule has 1 heterocycles. The number of amides is 1. The molecule has 0 saturated carbocycles. The number of nitrogens with one attached hydrogen (secondary N) is 1. The van der Waals surface area contributed by atoms with Crippen LogP contribution in [0, 0.1) is 0 Å². The summed E-state index contributed by atoms with van der Waals surface area (Å²) in [5.41, 5.74) is 0. The number of hydroxylamine groups is 1. The standard InChI is InChI=1S/C21H29N3O13S/c1-9(25)22-21-23-24(37-15(7)31)20(38-21)19(36-14(6)30)18(35-13(5)29)17(34-12(4)28)16(33-11(3)27)8-32-10(2)26/h16-20H,8H2,1-7H3,(H,22,23,25)/t16-,17-,18+,19-,20?/m1/s1. The van der Waals surface area contributed by atoms with Crippen LogP contribution < -0.4 is 5.32 Å². The van der Waals surface area contributed by atoms with Crippen LogP contribution in [-0.2, 0) is 62.1 Å². The second-order valence-electron chi connectivity index (χ2n) is 7.65. The molecule has 1 aliphatic heterocycles. The van der Waals surface area contributed by atoms with Gasteiger partial charge in [-0.3, -0.25) is 28.8 Å². The molecule has 16 nitrogen and oxygen atoms in total. The highest BCUT2D eigenvalue weighted by Crippen LogP contribution is 2.34. The van der Waals surface area contributed by atoms with Crippen molar-refractivity contribution in [2.75, 3.05) is 6.61 Å². The lowest BCUT2D eigenvalue weighted by Crippen LogP contribution is -2.57. The van der Waals surface area contributed by atoms with Gasteiger partial charge >= 0.3 is 35.8 Å². The Kier molecular flexibility index (Phi) is 12.5. The molecule has 1 unspecified atom stereocenters. The average molecular weight is 564 g/mol. The number of nitrogens with zero attached hydrogens (tertiary/aromatic N) is 2. The van der Waals surface area contributed by atoms with E-state index in [0.29, 0.717) is 5.17 Å². The fourth-order valence-corrected chi connectivity index (χ4v) is 4.16. The first-order valence-electron chi connectivity index (χ1n) is 10.9. The monoisotopic (exact) mass is 563 g/mol. The summed E-state index contributed by atoms with van der Waals surface area (Å²) in [5, 5.41) is 5.64. The van der Waals surface area contributed by atoms with Crippen molar-refractivity contribution in [2.24, 2.45) is 5.10 Å². The van der Waals surface area contributed by atoms with Crippen LogP contribution in [0.2, 0.25) is 0 Å². The number of amidine groups is 1. The molecule has 212 valence electrons. The van der Waals surface area contributed by atoms with Gasteiger partial charge in [-0.25, -0.2) is 4.79 Å². The quantitative estimate of drug-likeness (QED) is 0.249. The van der Waals surface area contributed by atoms with Gasteiger partial charge in [0, 0.05) is 48.5 Å². The molecule has 1 amide bonds. The summed E-state index contributed by atoms with van der Waals surface area (Å²) < 4.78 is 26.2. The molecular weight excluding hydrogens is 534 g/mol.